The van der Waals surface area contributed by atoms with Gasteiger partial charge in [0.05, 0.1) is 26.9 Å². The average molecular weight is 465 g/mol. The van der Waals surface area contributed by atoms with Crippen LogP contribution >= 0.6 is 11.3 Å². The molecule has 3 heteroatoms. The Labute approximate surface area is 205 Å². The van der Waals surface area contributed by atoms with Gasteiger partial charge in [0, 0.05) is 43.5 Å². The summed E-state index contributed by atoms with van der Waals surface area (Å²) >= 11 is 1.88. The van der Waals surface area contributed by atoms with E-state index in [-0.39, 0.29) is 0 Å². The second-order valence-corrected chi connectivity index (χ2v) is 10.1. The summed E-state index contributed by atoms with van der Waals surface area (Å²) in [6.07, 6.45) is 2.23. The molecule has 0 radical (unpaired) electrons. The molecule has 0 aliphatic rings. The molecule has 0 aliphatic carbocycles. The van der Waals surface area contributed by atoms with Crippen molar-refractivity contribution >= 4 is 64.2 Å². The van der Waals surface area contributed by atoms with Gasteiger partial charge in [-0.15, -0.1) is 11.3 Å². The molecule has 0 saturated carbocycles. The van der Waals surface area contributed by atoms with Gasteiger partial charge in [0.15, 0.2) is 0 Å². The van der Waals surface area contributed by atoms with Crippen LogP contribution in [0.1, 0.15) is 0 Å². The van der Waals surface area contributed by atoms with E-state index in [1.165, 1.54) is 64.3 Å². The Hall–Kier alpha value is -4.34. The number of aromatic nitrogens is 2. The van der Waals surface area contributed by atoms with Crippen LogP contribution in [0.2, 0.25) is 0 Å². The standard InChI is InChI=1S/C32H20N2S/c1-2-9-22(10-3-1)34-26-14-6-4-12-25(26)30-27(34)18-17-21-19-20-33(31(21)30)28-15-8-13-24-23-11-5-7-16-29(23)35-32(24)28/h1-20H. The molecule has 3 aromatic heterocycles. The summed E-state index contributed by atoms with van der Waals surface area (Å²) in [7, 11) is 0. The van der Waals surface area contributed by atoms with Crippen molar-refractivity contribution in [1.82, 2.24) is 9.13 Å². The monoisotopic (exact) mass is 464 g/mol. The summed E-state index contributed by atoms with van der Waals surface area (Å²) in [5.74, 6) is 0. The maximum absolute atomic E-state index is 2.40. The van der Waals surface area contributed by atoms with Crippen LogP contribution in [0.3, 0.4) is 0 Å². The zero-order chi connectivity index (χ0) is 22.9. The van der Waals surface area contributed by atoms with Crippen LogP contribution in [-0.2, 0) is 0 Å². The molecule has 0 saturated heterocycles. The van der Waals surface area contributed by atoms with E-state index in [0.717, 1.165) is 0 Å². The first-order chi connectivity index (χ1) is 17.4. The van der Waals surface area contributed by atoms with E-state index in [4.69, 9.17) is 0 Å². The highest BCUT2D eigenvalue weighted by molar-refractivity contribution is 7.26. The zero-order valence-corrected chi connectivity index (χ0v) is 19.7. The van der Waals surface area contributed by atoms with Crippen LogP contribution in [0, 0.1) is 0 Å². The molecule has 0 fully saturated rings. The van der Waals surface area contributed by atoms with Crippen LogP contribution < -0.4 is 0 Å². The van der Waals surface area contributed by atoms with Gasteiger partial charge in [-0.25, -0.2) is 0 Å². The summed E-state index contributed by atoms with van der Waals surface area (Å²) in [5, 5.41) is 6.48. The molecule has 0 unspecified atom stereocenters. The number of nitrogens with zero attached hydrogens (tertiary/aromatic N) is 2. The van der Waals surface area contributed by atoms with Crippen molar-refractivity contribution in [2.45, 2.75) is 0 Å². The average Bonchev–Trinajstić information content (AvgIpc) is 3.60. The van der Waals surface area contributed by atoms with Crippen molar-refractivity contribution in [3.63, 3.8) is 0 Å². The summed E-state index contributed by atoms with van der Waals surface area (Å²) in [5.41, 5.74) is 6.14. The number of rotatable bonds is 2. The van der Waals surface area contributed by atoms with Gasteiger partial charge in [0.25, 0.3) is 0 Å². The highest BCUT2D eigenvalue weighted by Crippen LogP contribution is 2.41. The maximum Gasteiger partial charge on any atom is 0.0634 e. The van der Waals surface area contributed by atoms with Crippen molar-refractivity contribution in [3.8, 4) is 11.4 Å². The molecule has 8 rings (SSSR count). The third-order valence-corrected chi connectivity index (χ3v) is 8.35. The van der Waals surface area contributed by atoms with Gasteiger partial charge in [-0.2, -0.15) is 0 Å². The van der Waals surface area contributed by atoms with Gasteiger partial charge in [-0.05, 0) is 42.5 Å². The molecule has 0 atom stereocenters. The number of para-hydroxylation sites is 2. The predicted octanol–water partition coefficient (Wildman–Crippen LogP) is 9.10. The summed E-state index contributed by atoms with van der Waals surface area (Å²) < 4.78 is 7.45. The minimum absolute atomic E-state index is 1.18. The van der Waals surface area contributed by atoms with Crippen LogP contribution in [0.5, 0.6) is 0 Å². The smallest absolute Gasteiger partial charge is 0.0634 e. The van der Waals surface area contributed by atoms with Crippen LogP contribution in [0.15, 0.2) is 121 Å². The molecule has 0 aliphatic heterocycles. The SMILES string of the molecule is c1ccc(-n2c3ccccc3c3c4c(ccc32)ccn4-c2cccc3c2sc2ccccc23)cc1. The third kappa shape index (κ3) is 2.59. The Morgan fingerprint density at radius 1 is 0.543 bits per heavy atom. The normalized spacial score (nSPS) is 12.0. The fourth-order valence-electron chi connectivity index (χ4n) is 5.66. The molecule has 164 valence electrons. The number of benzene rings is 5. The lowest BCUT2D eigenvalue weighted by atomic mass is 10.1. The number of hydrogen-bond acceptors (Lipinski definition) is 1. The fourth-order valence-corrected chi connectivity index (χ4v) is 6.87. The maximum atomic E-state index is 2.40. The van der Waals surface area contributed by atoms with E-state index in [2.05, 4.69) is 131 Å². The Morgan fingerprint density at radius 3 is 2.23 bits per heavy atom. The first kappa shape index (κ1) is 19.0. The van der Waals surface area contributed by atoms with E-state index >= 15 is 0 Å². The van der Waals surface area contributed by atoms with Gasteiger partial charge in [0.2, 0.25) is 0 Å². The highest BCUT2D eigenvalue weighted by atomic mass is 32.1. The first-order valence-corrected chi connectivity index (χ1v) is 12.7. The third-order valence-electron chi connectivity index (χ3n) is 7.14. The van der Waals surface area contributed by atoms with Crippen molar-refractivity contribution < 1.29 is 0 Å². The van der Waals surface area contributed by atoms with Crippen molar-refractivity contribution in [2.24, 2.45) is 0 Å². The fraction of sp³-hybridized carbons (Fsp3) is 0. The lowest BCUT2D eigenvalue weighted by molar-refractivity contribution is 1.15. The topological polar surface area (TPSA) is 9.86 Å². The Bertz CT molecular complexity index is 2050. The van der Waals surface area contributed by atoms with Gasteiger partial charge in [0.1, 0.15) is 0 Å². The zero-order valence-electron chi connectivity index (χ0n) is 18.8. The predicted molar refractivity (Wildman–Crippen MR) is 151 cm³/mol. The minimum atomic E-state index is 1.18. The van der Waals surface area contributed by atoms with Crippen molar-refractivity contribution in [3.05, 3.63) is 121 Å². The van der Waals surface area contributed by atoms with E-state index in [1.807, 2.05) is 11.3 Å². The van der Waals surface area contributed by atoms with Gasteiger partial charge in [-0.3, -0.25) is 0 Å². The van der Waals surface area contributed by atoms with Crippen LogP contribution in [0.4, 0.5) is 0 Å². The van der Waals surface area contributed by atoms with Gasteiger partial charge < -0.3 is 9.13 Å². The Kier molecular flexibility index (Phi) is 3.85. The number of hydrogen-bond donors (Lipinski definition) is 0. The quantitative estimate of drug-likeness (QED) is 0.241. The second-order valence-electron chi connectivity index (χ2n) is 9.02. The van der Waals surface area contributed by atoms with E-state index < -0.39 is 0 Å². The van der Waals surface area contributed by atoms with Gasteiger partial charge >= 0.3 is 0 Å². The van der Waals surface area contributed by atoms with E-state index in [9.17, 15) is 0 Å². The van der Waals surface area contributed by atoms with E-state index in [0.29, 0.717) is 0 Å². The Morgan fingerprint density at radius 2 is 1.31 bits per heavy atom. The molecule has 0 bridgehead atoms. The molecule has 0 spiro atoms. The molecular formula is C32H20N2S. The lowest BCUT2D eigenvalue weighted by Gasteiger charge is -2.10. The summed E-state index contributed by atoms with van der Waals surface area (Å²) in [6, 6.07) is 41.6. The minimum Gasteiger partial charge on any atom is -0.314 e. The lowest BCUT2D eigenvalue weighted by Crippen LogP contribution is -1.94. The van der Waals surface area contributed by atoms with Gasteiger partial charge in [-0.1, -0.05) is 72.8 Å². The number of thiophene rings is 1. The molecule has 8 aromatic rings. The summed E-state index contributed by atoms with van der Waals surface area (Å²) in [4.78, 5) is 0. The van der Waals surface area contributed by atoms with Crippen LogP contribution in [-0.4, -0.2) is 9.13 Å². The van der Waals surface area contributed by atoms with E-state index in [1.54, 1.807) is 0 Å². The van der Waals surface area contributed by atoms with Crippen molar-refractivity contribution in [2.75, 3.05) is 0 Å². The largest absolute Gasteiger partial charge is 0.314 e. The first-order valence-electron chi connectivity index (χ1n) is 11.9. The molecule has 0 amide bonds. The van der Waals surface area contributed by atoms with Crippen molar-refractivity contribution in [1.29, 1.82) is 0 Å². The summed E-state index contributed by atoms with van der Waals surface area (Å²) in [6.45, 7) is 0. The number of fused-ring (bicyclic) bond motifs is 8. The molecule has 3 heterocycles. The molecule has 35 heavy (non-hydrogen) atoms. The second kappa shape index (κ2) is 7.08. The Balaban J connectivity index is 1.54. The molecule has 0 N–H and O–H groups in total. The molecule has 2 nitrogen and oxygen atoms in total. The molecule has 5 aromatic carbocycles. The molecular weight excluding hydrogens is 444 g/mol. The highest BCUT2D eigenvalue weighted by Gasteiger charge is 2.18. The van der Waals surface area contributed by atoms with Crippen LogP contribution in [0.25, 0.3) is 64.3 Å².